The van der Waals surface area contributed by atoms with Gasteiger partial charge in [0.15, 0.2) is 5.82 Å². The predicted molar refractivity (Wildman–Crippen MR) is 79.4 cm³/mol. The molecule has 2 aromatic rings. The van der Waals surface area contributed by atoms with Crippen LogP contribution in [-0.2, 0) is 0 Å². The highest BCUT2D eigenvalue weighted by molar-refractivity contribution is 9.11. The second kappa shape index (κ2) is 5.76. The maximum atomic E-state index is 13.9. The fourth-order valence-corrected chi connectivity index (χ4v) is 2.76. The van der Waals surface area contributed by atoms with Crippen LogP contribution in [0.15, 0.2) is 39.3 Å². The van der Waals surface area contributed by atoms with E-state index in [1.54, 1.807) is 18.2 Å². The molecule has 0 atom stereocenters. The second-order valence-electron chi connectivity index (χ2n) is 3.78. The second-order valence-corrected chi connectivity index (χ2v) is 5.61. The van der Waals surface area contributed by atoms with Crippen molar-refractivity contribution in [1.82, 2.24) is 0 Å². The number of halogens is 3. The number of nitrogens with two attached hydrogens (primary N) is 1. The van der Waals surface area contributed by atoms with E-state index in [9.17, 15) is 14.5 Å². The topological polar surface area (TPSA) is 78.4 Å². The Hall–Kier alpha value is -1.67. The fraction of sp³-hybridized carbons (Fsp3) is 0. The van der Waals surface area contributed by atoms with Crippen molar-refractivity contribution in [2.24, 2.45) is 0 Å². The summed E-state index contributed by atoms with van der Waals surface area (Å²) < 4.78 is 20.6. The van der Waals surface area contributed by atoms with Crippen molar-refractivity contribution in [3.8, 4) is 11.5 Å². The first-order valence-electron chi connectivity index (χ1n) is 5.25. The van der Waals surface area contributed by atoms with Gasteiger partial charge in [-0.2, -0.15) is 0 Å². The quantitative estimate of drug-likeness (QED) is 0.458. The summed E-state index contributed by atoms with van der Waals surface area (Å²) in [5.74, 6) is -1.24. The third kappa shape index (κ3) is 3.07. The van der Waals surface area contributed by atoms with E-state index in [1.807, 2.05) is 0 Å². The maximum Gasteiger partial charge on any atom is 0.314 e. The van der Waals surface area contributed by atoms with Crippen molar-refractivity contribution < 1.29 is 14.1 Å². The van der Waals surface area contributed by atoms with E-state index in [0.29, 0.717) is 8.95 Å². The molecule has 0 saturated heterocycles. The Bertz CT molecular complexity index is 674. The molecule has 0 aliphatic rings. The molecule has 0 aliphatic heterocycles. The zero-order valence-corrected chi connectivity index (χ0v) is 12.9. The van der Waals surface area contributed by atoms with Crippen molar-refractivity contribution in [1.29, 1.82) is 0 Å². The van der Waals surface area contributed by atoms with Crippen LogP contribution in [0.2, 0.25) is 0 Å². The summed E-state index contributed by atoms with van der Waals surface area (Å²) in [5.41, 5.74) is 4.69. The molecule has 5 nitrogen and oxygen atoms in total. The van der Waals surface area contributed by atoms with Gasteiger partial charge in [-0.05, 0) is 24.3 Å². The summed E-state index contributed by atoms with van der Waals surface area (Å²) >= 11 is 6.49. The third-order valence-corrected chi connectivity index (χ3v) is 3.27. The highest BCUT2D eigenvalue weighted by atomic mass is 79.9. The molecule has 0 fully saturated rings. The average molecular weight is 406 g/mol. The van der Waals surface area contributed by atoms with Gasteiger partial charge in [0.25, 0.3) is 0 Å². The largest absolute Gasteiger partial charge is 0.447 e. The monoisotopic (exact) mass is 404 g/mol. The molecular formula is C12H7Br2FN2O3. The number of benzene rings is 2. The molecule has 0 heterocycles. The molecule has 0 bridgehead atoms. The number of nitro groups is 1. The van der Waals surface area contributed by atoms with Crippen LogP contribution >= 0.6 is 31.9 Å². The zero-order valence-electron chi connectivity index (χ0n) is 9.77. The van der Waals surface area contributed by atoms with E-state index < -0.39 is 22.2 Å². The van der Waals surface area contributed by atoms with E-state index in [-0.39, 0.29) is 11.4 Å². The summed E-state index contributed by atoms with van der Waals surface area (Å²) in [6.07, 6.45) is 0. The molecule has 104 valence electrons. The van der Waals surface area contributed by atoms with E-state index in [4.69, 9.17) is 10.5 Å². The molecule has 2 aromatic carbocycles. The molecule has 0 spiro atoms. The van der Waals surface area contributed by atoms with Crippen LogP contribution in [0.5, 0.6) is 11.5 Å². The first kappa shape index (κ1) is 14.7. The number of nitrogens with zero attached hydrogens (tertiary/aromatic N) is 1. The molecular weight excluding hydrogens is 399 g/mol. The van der Waals surface area contributed by atoms with Gasteiger partial charge in [0.1, 0.15) is 5.75 Å². The van der Waals surface area contributed by atoms with Gasteiger partial charge in [0, 0.05) is 15.0 Å². The molecule has 2 rings (SSSR count). The van der Waals surface area contributed by atoms with Gasteiger partial charge >= 0.3 is 5.69 Å². The van der Waals surface area contributed by atoms with Crippen molar-refractivity contribution >= 4 is 43.2 Å². The molecule has 0 aliphatic carbocycles. The van der Waals surface area contributed by atoms with Crippen LogP contribution in [0.4, 0.5) is 15.8 Å². The Balaban J connectivity index is 2.52. The lowest BCUT2D eigenvalue weighted by atomic mass is 10.2. The molecule has 0 unspecified atom stereocenters. The molecule has 0 saturated carbocycles. The van der Waals surface area contributed by atoms with Gasteiger partial charge in [0.2, 0.25) is 5.75 Å². The number of nitro benzene ring substituents is 1. The summed E-state index contributed by atoms with van der Waals surface area (Å²) in [6, 6.07) is 7.07. The number of rotatable bonds is 3. The molecule has 8 heteroatoms. The van der Waals surface area contributed by atoms with Crippen LogP contribution in [0, 0.1) is 15.9 Å². The molecule has 0 radical (unpaired) electrons. The van der Waals surface area contributed by atoms with Gasteiger partial charge in [-0.1, -0.05) is 31.9 Å². The zero-order chi connectivity index (χ0) is 14.9. The van der Waals surface area contributed by atoms with Gasteiger partial charge in [-0.3, -0.25) is 10.1 Å². The van der Waals surface area contributed by atoms with Crippen LogP contribution in [0.3, 0.4) is 0 Å². The van der Waals surface area contributed by atoms with E-state index >= 15 is 0 Å². The van der Waals surface area contributed by atoms with Crippen LogP contribution in [0.1, 0.15) is 0 Å². The van der Waals surface area contributed by atoms with Crippen molar-refractivity contribution in [3.63, 3.8) is 0 Å². The normalized spacial score (nSPS) is 10.3. The Kier molecular flexibility index (Phi) is 4.24. The lowest BCUT2D eigenvalue weighted by molar-refractivity contribution is -0.385. The lowest BCUT2D eigenvalue weighted by Gasteiger charge is -2.09. The van der Waals surface area contributed by atoms with Gasteiger partial charge in [-0.15, -0.1) is 0 Å². The van der Waals surface area contributed by atoms with Crippen LogP contribution in [-0.4, -0.2) is 4.92 Å². The Labute approximate surface area is 129 Å². The number of nitrogen functional groups attached to an aromatic ring is 1. The first-order chi connectivity index (χ1) is 9.38. The van der Waals surface area contributed by atoms with Crippen molar-refractivity contribution in [3.05, 3.63) is 55.2 Å². The van der Waals surface area contributed by atoms with Crippen molar-refractivity contribution in [2.45, 2.75) is 0 Å². The molecule has 0 amide bonds. The molecule has 0 aromatic heterocycles. The molecule has 20 heavy (non-hydrogen) atoms. The number of hydrogen-bond donors (Lipinski definition) is 1. The van der Waals surface area contributed by atoms with E-state index in [0.717, 1.165) is 12.1 Å². The summed E-state index contributed by atoms with van der Waals surface area (Å²) in [7, 11) is 0. The average Bonchev–Trinajstić information content (AvgIpc) is 2.33. The van der Waals surface area contributed by atoms with Crippen molar-refractivity contribution in [2.75, 3.05) is 5.73 Å². The van der Waals surface area contributed by atoms with Gasteiger partial charge in [0.05, 0.1) is 10.6 Å². The Morgan fingerprint density at radius 1 is 1.20 bits per heavy atom. The van der Waals surface area contributed by atoms with Crippen LogP contribution < -0.4 is 10.5 Å². The first-order valence-corrected chi connectivity index (χ1v) is 6.83. The summed E-state index contributed by atoms with van der Waals surface area (Å²) in [5, 5.41) is 10.9. The Morgan fingerprint density at radius 3 is 2.35 bits per heavy atom. The highest BCUT2D eigenvalue weighted by Crippen LogP contribution is 2.38. The Morgan fingerprint density at radius 2 is 1.80 bits per heavy atom. The highest BCUT2D eigenvalue weighted by Gasteiger charge is 2.23. The fourth-order valence-electron chi connectivity index (χ4n) is 1.51. The van der Waals surface area contributed by atoms with E-state index in [2.05, 4.69) is 31.9 Å². The van der Waals surface area contributed by atoms with Gasteiger partial charge in [-0.25, -0.2) is 4.39 Å². The number of hydrogen-bond acceptors (Lipinski definition) is 4. The maximum absolute atomic E-state index is 13.9. The van der Waals surface area contributed by atoms with Gasteiger partial charge < -0.3 is 10.5 Å². The SMILES string of the molecule is Nc1ccc([N+](=O)[O-])c(Oc2cc(Br)cc(Br)c2)c1F. The van der Waals surface area contributed by atoms with E-state index in [1.165, 1.54) is 0 Å². The minimum atomic E-state index is -0.963. The third-order valence-electron chi connectivity index (χ3n) is 2.36. The summed E-state index contributed by atoms with van der Waals surface area (Å²) in [6.45, 7) is 0. The minimum Gasteiger partial charge on any atom is -0.447 e. The summed E-state index contributed by atoms with van der Waals surface area (Å²) in [4.78, 5) is 10.2. The smallest absolute Gasteiger partial charge is 0.314 e. The molecule has 2 N–H and O–H groups in total. The standard InChI is InChI=1S/C12H7Br2FN2O3/c13-6-3-7(14)5-8(4-6)20-12-10(17(18)19)2-1-9(16)11(12)15/h1-5H,16H2. The minimum absolute atomic E-state index is 0.223. The van der Waals surface area contributed by atoms with Crippen LogP contribution in [0.25, 0.3) is 0 Å². The number of ether oxygens (including phenoxy) is 1. The number of anilines is 1. The predicted octanol–water partition coefficient (Wildman–Crippen LogP) is 4.63. The lowest BCUT2D eigenvalue weighted by Crippen LogP contribution is -2.00.